The van der Waals surface area contributed by atoms with Crippen molar-refractivity contribution in [3.05, 3.63) is 23.5 Å². The molecule has 1 aromatic heterocycles. The highest BCUT2D eigenvalue weighted by Crippen LogP contribution is 2.65. The third-order valence-corrected chi connectivity index (χ3v) is 13.0. The maximum absolute atomic E-state index is 12.2. The van der Waals surface area contributed by atoms with E-state index in [2.05, 4.69) is 22.8 Å². The lowest BCUT2D eigenvalue weighted by Crippen LogP contribution is -2.26. The summed E-state index contributed by atoms with van der Waals surface area (Å²) in [6.07, 6.45) is 5.71. The summed E-state index contributed by atoms with van der Waals surface area (Å²) in [5.74, 6) is 0.492. The Kier molecular flexibility index (Phi) is 4.43. The summed E-state index contributed by atoms with van der Waals surface area (Å²) in [6, 6.07) is 0. The molecule has 1 aromatic rings. The van der Waals surface area contributed by atoms with Crippen molar-refractivity contribution >= 4 is 44.2 Å². The van der Waals surface area contributed by atoms with Crippen molar-refractivity contribution in [2.24, 2.45) is 5.92 Å². The van der Waals surface area contributed by atoms with Crippen LogP contribution in [0.25, 0.3) is 0 Å². The van der Waals surface area contributed by atoms with Gasteiger partial charge in [0, 0.05) is 29.2 Å². The SMILES string of the molecule is CC1CCc2cncc(P(P)PP)c2C1=O. The van der Waals surface area contributed by atoms with E-state index in [-0.39, 0.29) is 13.2 Å². The van der Waals surface area contributed by atoms with Crippen LogP contribution in [0.5, 0.6) is 0 Å². The molecule has 2 nitrogen and oxygen atoms in total. The minimum absolute atomic E-state index is 0.176. The molecule has 1 aliphatic rings. The van der Waals surface area contributed by atoms with Crippen LogP contribution in [-0.4, -0.2) is 10.8 Å². The molecule has 0 aliphatic heterocycles. The molecule has 0 bridgehead atoms. The van der Waals surface area contributed by atoms with Gasteiger partial charge in [0.25, 0.3) is 0 Å². The molecule has 5 unspecified atom stereocenters. The average Bonchev–Trinajstić information content (AvgIpc) is 2.32. The molecule has 16 heavy (non-hydrogen) atoms. The van der Waals surface area contributed by atoms with Gasteiger partial charge in [0.05, 0.1) is 0 Å². The van der Waals surface area contributed by atoms with E-state index in [0.29, 0.717) is 5.78 Å². The molecule has 0 spiro atoms. The van der Waals surface area contributed by atoms with Crippen molar-refractivity contribution in [3.63, 3.8) is 0 Å². The summed E-state index contributed by atoms with van der Waals surface area (Å²) >= 11 is 0. The second kappa shape index (κ2) is 5.46. The number of ketones is 1. The van der Waals surface area contributed by atoms with Crippen LogP contribution in [0.4, 0.5) is 0 Å². The second-order valence-electron chi connectivity index (χ2n) is 4.00. The topological polar surface area (TPSA) is 30.0 Å². The first kappa shape index (κ1) is 13.0. The van der Waals surface area contributed by atoms with Crippen LogP contribution in [0.2, 0.25) is 0 Å². The van der Waals surface area contributed by atoms with Crippen molar-refractivity contribution in [1.82, 2.24) is 4.98 Å². The van der Waals surface area contributed by atoms with Crippen LogP contribution in [0, 0.1) is 5.92 Å². The van der Waals surface area contributed by atoms with E-state index in [1.807, 2.05) is 19.3 Å². The molecule has 0 saturated heterocycles. The summed E-state index contributed by atoms with van der Waals surface area (Å²) in [7, 11) is 6.10. The van der Waals surface area contributed by atoms with Crippen LogP contribution < -0.4 is 5.30 Å². The molecule has 5 atom stereocenters. The van der Waals surface area contributed by atoms with Crippen LogP contribution in [0.15, 0.2) is 12.4 Å². The molecule has 0 N–H and O–H groups in total. The van der Waals surface area contributed by atoms with Crippen LogP contribution >= 0.6 is 33.1 Å². The minimum atomic E-state index is -0.310. The molecule has 0 aromatic carbocycles. The Morgan fingerprint density at radius 1 is 1.56 bits per heavy atom. The lowest BCUT2D eigenvalue weighted by Gasteiger charge is -2.24. The summed E-state index contributed by atoms with van der Waals surface area (Å²) in [6.45, 7) is 2.03. The number of aryl methyl sites for hydroxylation is 1. The van der Waals surface area contributed by atoms with Crippen molar-refractivity contribution in [2.45, 2.75) is 19.8 Å². The van der Waals surface area contributed by atoms with E-state index in [4.69, 9.17) is 0 Å². The van der Waals surface area contributed by atoms with Gasteiger partial charge in [-0.1, -0.05) is 14.9 Å². The van der Waals surface area contributed by atoms with Gasteiger partial charge < -0.3 is 0 Å². The Balaban J connectivity index is 2.52. The monoisotopic (exact) mass is 289 g/mol. The molecule has 0 radical (unpaired) electrons. The van der Waals surface area contributed by atoms with Gasteiger partial charge in [0.15, 0.2) is 5.78 Å². The zero-order valence-electron chi connectivity index (χ0n) is 9.10. The number of hydrogen-bond acceptors (Lipinski definition) is 2. The van der Waals surface area contributed by atoms with Crippen LogP contribution in [0.3, 0.4) is 0 Å². The fourth-order valence-electron chi connectivity index (χ4n) is 1.97. The molecule has 86 valence electrons. The number of aromatic nitrogens is 1. The fraction of sp³-hybridized carbons (Fsp3) is 0.400. The molecule has 0 amide bonds. The molecular formula is C10H15NOP4. The number of carbonyl (C=O) groups is 1. The van der Waals surface area contributed by atoms with Crippen molar-refractivity contribution in [3.8, 4) is 0 Å². The van der Waals surface area contributed by atoms with E-state index in [0.717, 1.165) is 31.9 Å². The molecular weight excluding hydrogens is 274 g/mol. The van der Waals surface area contributed by atoms with Gasteiger partial charge in [0.1, 0.15) is 0 Å². The smallest absolute Gasteiger partial charge is 0.166 e. The number of pyridine rings is 1. The standard InChI is InChI=1S/C10H15NOP4/c1-6-2-3-7-4-11-5-8(16(14)15-13)9(7)10(6)12/h4-6,15H,2-3,13-14H2,1H3. The van der Waals surface area contributed by atoms with Crippen molar-refractivity contribution in [1.29, 1.82) is 0 Å². The molecule has 2 rings (SSSR count). The maximum Gasteiger partial charge on any atom is 0.166 e. The van der Waals surface area contributed by atoms with E-state index in [9.17, 15) is 4.79 Å². The Labute approximate surface area is 103 Å². The summed E-state index contributed by atoms with van der Waals surface area (Å²) in [4.78, 5) is 16.5. The van der Waals surface area contributed by atoms with Crippen molar-refractivity contribution < 1.29 is 4.79 Å². The zero-order valence-corrected chi connectivity index (χ0v) is 13.3. The van der Waals surface area contributed by atoms with Gasteiger partial charge in [0.2, 0.25) is 0 Å². The first-order chi connectivity index (χ1) is 7.65. The second-order valence-corrected chi connectivity index (χ2v) is 13.1. The van der Waals surface area contributed by atoms with Crippen LogP contribution in [-0.2, 0) is 6.42 Å². The highest BCUT2D eigenvalue weighted by atomic mass is 32.6. The molecule has 6 heteroatoms. The summed E-state index contributed by atoms with van der Waals surface area (Å²) in [5, 5.41) is 1.17. The van der Waals surface area contributed by atoms with E-state index in [1.54, 1.807) is 0 Å². The molecule has 0 saturated carbocycles. The van der Waals surface area contributed by atoms with Gasteiger partial charge in [-0.2, -0.15) is 0 Å². The first-order valence-corrected chi connectivity index (χ1v) is 11.8. The van der Waals surface area contributed by atoms with Crippen LogP contribution in [0.1, 0.15) is 29.3 Å². The van der Waals surface area contributed by atoms with E-state index < -0.39 is 0 Å². The normalized spacial score (nSPS) is 22.4. The Hall–Kier alpha value is 0.540. The third kappa shape index (κ3) is 2.37. The highest BCUT2D eigenvalue weighted by Gasteiger charge is 2.27. The minimum Gasteiger partial charge on any atom is -0.294 e. The quantitative estimate of drug-likeness (QED) is 0.783. The lowest BCUT2D eigenvalue weighted by atomic mass is 9.85. The number of fused-ring (bicyclic) bond motifs is 1. The predicted octanol–water partition coefficient (Wildman–Crippen LogP) is 3.13. The highest BCUT2D eigenvalue weighted by molar-refractivity contribution is 8.63. The number of rotatable bonds is 2. The largest absolute Gasteiger partial charge is 0.294 e. The van der Waals surface area contributed by atoms with Gasteiger partial charge in [-0.3, -0.25) is 9.78 Å². The predicted molar refractivity (Wildman–Crippen MR) is 80.3 cm³/mol. The zero-order chi connectivity index (χ0) is 11.7. The number of nitrogens with zero attached hydrogens (tertiary/aromatic N) is 1. The lowest BCUT2D eigenvalue weighted by molar-refractivity contribution is 0.0915. The Morgan fingerprint density at radius 2 is 2.31 bits per heavy atom. The first-order valence-electron chi connectivity index (χ1n) is 5.17. The number of carbonyl (C=O) groups excluding carboxylic acids is 1. The third-order valence-electron chi connectivity index (χ3n) is 2.94. The Bertz CT molecular complexity index is 423. The van der Waals surface area contributed by atoms with E-state index in [1.165, 1.54) is 5.30 Å². The van der Waals surface area contributed by atoms with E-state index >= 15 is 0 Å². The average molecular weight is 289 g/mol. The van der Waals surface area contributed by atoms with Gasteiger partial charge >= 0.3 is 0 Å². The van der Waals surface area contributed by atoms with Crippen molar-refractivity contribution in [2.75, 3.05) is 0 Å². The van der Waals surface area contributed by atoms with Gasteiger partial charge in [-0.05, 0) is 25.7 Å². The Morgan fingerprint density at radius 3 is 3.00 bits per heavy atom. The molecule has 1 heterocycles. The number of Topliss-reactive ketones (excluding diaryl/α,β-unsaturated/α-hetero) is 1. The number of hydrogen-bond donors (Lipinski definition) is 0. The molecule has 0 fully saturated rings. The maximum atomic E-state index is 12.2. The summed E-state index contributed by atoms with van der Waals surface area (Å²) < 4.78 is 0. The fourth-order valence-corrected chi connectivity index (χ4v) is 5.56. The summed E-state index contributed by atoms with van der Waals surface area (Å²) in [5.41, 5.74) is 2.13. The van der Waals surface area contributed by atoms with Gasteiger partial charge in [-0.25, -0.2) is 0 Å². The van der Waals surface area contributed by atoms with Gasteiger partial charge in [-0.15, -0.1) is 17.9 Å². The molecule has 1 aliphatic carbocycles.